The molecule has 0 bridgehead atoms. The molecule has 0 atom stereocenters. The average molecular weight is 288 g/mol. The Morgan fingerprint density at radius 1 is 1.35 bits per heavy atom. The van der Waals surface area contributed by atoms with Crippen LogP contribution < -0.4 is 10.9 Å². The number of aromatic hydroxyl groups is 1. The number of nitrogens with one attached hydrogen (secondary N) is 2. The SMILES string of the molecule is CC(C)NCc1cc2c([nH]c(=O)c3cccc(O)c32)s1. The molecular weight excluding hydrogens is 272 g/mol. The molecule has 0 aliphatic heterocycles. The minimum absolute atomic E-state index is 0.153. The van der Waals surface area contributed by atoms with Gasteiger partial charge in [0.15, 0.2) is 0 Å². The summed E-state index contributed by atoms with van der Waals surface area (Å²) in [6, 6.07) is 7.48. The average Bonchev–Trinajstić information content (AvgIpc) is 2.79. The maximum absolute atomic E-state index is 12.0. The van der Waals surface area contributed by atoms with E-state index in [9.17, 15) is 9.90 Å². The van der Waals surface area contributed by atoms with Crippen molar-refractivity contribution in [1.82, 2.24) is 10.3 Å². The van der Waals surface area contributed by atoms with Gasteiger partial charge in [0.1, 0.15) is 10.6 Å². The number of fused-ring (bicyclic) bond motifs is 3. The third-order valence-electron chi connectivity index (χ3n) is 3.25. The molecule has 0 spiro atoms. The third kappa shape index (κ3) is 2.19. The molecule has 2 aromatic heterocycles. The Morgan fingerprint density at radius 2 is 2.15 bits per heavy atom. The van der Waals surface area contributed by atoms with Crippen molar-refractivity contribution in [3.63, 3.8) is 0 Å². The first-order valence-corrected chi connectivity index (χ1v) is 7.37. The molecule has 5 heteroatoms. The molecule has 0 saturated carbocycles. The first-order chi connectivity index (χ1) is 9.56. The summed E-state index contributed by atoms with van der Waals surface area (Å²) in [5.74, 6) is 0.153. The predicted molar refractivity (Wildman–Crippen MR) is 83.6 cm³/mol. The Labute approximate surface area is 120 Å². The molecule has 3 rings (SSSR count). The second-order valence-corrected chi connectivity index (χ2v) is 6.28. The van der Waals surface area contributed by atoms with Crippen LogP contribution >= 0.6 is 11.3 Å². The second-order valence-electron chi connectivity index (χ2n) is 5.14. The van der Waals surface area contributed by atoms with E-state index < -0.39 is 0 Å². The van der Waals surface area contributed by atoms with Gasteiger partial charge >= 0.3 is 0 Å². The van der Waals surface area contributed by atoms with Crippen molar-refractivity contribution in [3.05, 3.63) is 39.5 Å². The minimum atomic E-state index is -0.159. The highest BCUT2D eigenvalue weighted by atomic mass is 32.1. The number of rotatable bonds is 3. The zero-order chi connectivity index (χ0) is 14.3. The van der Waals surface area contributed by atoms with Crippen LogP contribution in [0.4, 0.5) is 0 Å². The molecule has 0 amide bonds. The van der Waals surface area contributed by atoms with Crippen molar-refractivity contribution in [2.24, 2.45) is 0 Å². The van der Waals surface area contributed by atoms with Crippen LogP contribution in [0.15, 0.2) is 29.1 Å². The highest BCUT2D eigenvalue weighted by Crippen LogP contribution is 2.33. The van der Waals surface area contributed by atoms with E-state index in [2.05, 4.69) is 24.1 Å². The number of H-pyrrole nitrogens is 1. The molecule has 0 aliphatic carbocycles. The van der Waals surface area contributed by atoms with Gasteiger partial charge in [-0.3, -0.25) is 4.79 Å². The molecule has 0 fully saturated rings. The fourth-order valence-corrected chi connectivity index (χ4v) is 3.30. The molecule has 4 nitrogen and oxygen atoms in total. The summed E-state index contributed by atoms with van der Waals surface area (Å²) in [5, 5.41) is 15.5. The molecule has 0 saturated heterocycles. The van der Waals surface area contributed by atoms with Gasteiger partial charge in [0.2, 0.25) is 0 Å². The van der Waals surface area contributed by atoms with E-state index in [1.165, 1.54) is 0 Å². The zero-order valence-corrected chi connectivity index (χ0v) is 12.2. The van der Waals surface area contributed by atoms with E-state index in [4.69, 9.17) is 0 Å². The van der Waals surface area contributed by atoms with Crippen LogP contribution in [0.2, 0.25) is 0 Å². The van der Waals surface area contributed by atoms with E-state index in [0.717, 1.165) is 21.6 Å². The summed E-state index contributed by atoms with van der Waals surface area (Å²) < 4.78 is 0. The number of benzene rings is 1. The van der Waals surface area contributed by atoms with Gasteiger partial charge in [-0.1, -0.05) is 19.9 Å². The first-order valence-electron chi connectivity index (χ1n) is 6.56. The summed E-state index contributed by atoms with van der Waals surface area (Å²) in [6.07, 6.45) is 0. The molecule has 2 heterocycles. The van der Waals surface area contributed by atoms with Gasteiger partial charge < -0.3 is 15.4 Å². The maximum Gasteiger partial charge on any atom is 0.257 e. The predicted octanol–water partition coefficient (Wildman–Crippen LogP) is 2.95. The van der Waals surface area contributed by atoms with Crippen LogP contribution in [0.25, 0.3) is 21.0 Å². The lowest BCUT2D eigenvalue weighted by atomic mass is 10.1. The Morgan fingerprint density at radius 3 is 2.90 bits per heavy atom. The number of hydrogen-bond acceptors (Lipinski definition) is 4. The van der Waals surface area contributed by atoms with Crippen molar-refractivity contribution in [2.45, 2.75) is 26.4 Å². The topological polar surface area (TPSA) is 65.1 Å². The number of aromatic amines is 1. The van der Waals surface area contributed by atoms with Gasteiger partial charge in [-0.15, -0.1) is 11.3 Å². The van der Waals surface area contributed by atoms with E-state index in [0.29, 0.717) is 16.8 Å². The van der Waals surface area contributed by atoms with Gasteiger partial charge in [0.05, 0.1) is 5.39 Å². The fourth-order valence-electron chi connectivity index (χ4n) is 2.30. The largest absolute Gasteiger partial charge is 0.507 e. The van der Waals surface area contributed by atoms with E-state index >= 15 is 0 Å². The van der Waals surface area contributed by atoms with Crippen molar-refractivity contribution >= 4 is 32.3 Å². The van der Waals surface area contributed by atoms with E-state index in [1.54, 1.807) is 29.5 Å². The van der Waals surface area contributed by atoms with Crippen LogP contribution in [-0.4, -0.2) is 16.1 Å². The molecule has 104 valence electrons. The molecule has 1 aromatic carbocycles. The molecule has 3 N–H and O–H groups in total. The van der Waals surface area contributed by atoms with Crippen LogP contribution in [0, 0.1) is 0 Å². The normalized spacial score (nSPS) is 11.8. The molecule has 0 radical (unpaired) electrons. The number of pyridine rings is 1. The number of phenolic OH excluding ortho intramolecular Hbond substituents is 1. The van der Waals surface area contributed by atoms with E-state index in [-0.39, 0.29) is 11.3 Å². The summed E-state index contributed by atoms with van der Waals surface area (Å²) in [5.41, 5.74) is -0.159. The van der Waals surface area contributed by atoms with Crippen molar-refractivity contribution in [3.8, 4) is 5.75 Å². The minimum Gasteiger partial charge on any atom is -0.507 e. The zero-order valence-electron chi connectivity index (χ0n) is 11.4. The number of phenols is 1. The highest BCUT2D eigenvalue weighted by molar-refractivity contribution is 7.18. The highest BCUT2D eigenvalue weighted by Gasteiger charge is 2.12. The molecular formula is C15H16N2O2S. The van der Waals surface area contributed by atoms with Gasteiger partial charge in [0, 0.05) is 28.2 Å². The number of aromatic nitrogens is 1. The lowest BCUT2D eigenvalue weighted by Gasteiger charge is -2.04. The third-order valence-corrected chi connectivity index (χ3v) is 4.30. The van der Waals surface area contributed by atoms with Crippen LogP contribution in [0.1, 0.15) is 18.7 Å². The van der Waals surface area contributed by atoms with Gasteiger partial charge in [0.25, 0.3) is 5.56 Å². The van der Waals surface area contributed by atoms with E-state index in [1.807, 2.05) is 6.07 Å². The second kappa shape index (κ2) is 4.92. The van der Waals surface area contributed by atoms with Gasteiger partial charge in [-0.2, -0.15) is 0 Å². The number of hydrogen-bond donors (Lipinski definition) is 3. The van der Waals surface area contributed by atoms with Crippen molar-refractivity contribution in [1.29, 1.82) is 0 Å². The van der Waals surface area contributed by atoms with Crippen molar-refractivity contribution in [2.75, 3.05) is 0 Å². The summed E-state index contributed by atoms with van der Waals surface area (Å²) in [7, 11) is 0. The van der Waals surface area contributed by atoms with Crippen LogP contribution in [0.5, 0.6) is 5.75 Å². The lowest BCUT2D eigenvalue weighted by molar-refractivity contribution is 0.482. The summed E-state index contributed by atoms with van der Waals surface area (Å²) in [6.45, 7) is 4.95. The smallest absolute Gasteiger partial charge is 0.257 e. The maximum atomic E-state index is 12.0. The summed E-state index contributed by atoms with van der Waals surface area (Å²) in [4.78, 5) is 16.9. The van der Waals surface area contributed by atoms with Crippen LogP contribution in [-0.2, 0) is 6.54 Å². The Bertz CT molecular complexity index is 833. The monoisotopic (exact) mass is 288 g/mol. The van der Waals surface area contributed by atoms with Gasteiger partial charge in [-0.05, 0) is 18.2 Å². The Kier molecular flexibility index (Phi) is 3.23. The first kappa shape index (κ1) is 13.1. The molecule has 0 aliphatic rings. The standard InChI is InChI=1S/C15H16N2O2S/c1-8(2)16-7-9-6-11-13-10(4-3-5-12(13)18)14(19)17-15(11)20-9/h3-6,8,16,18H,7H2,1-2H3,(H,17,19). The summed E-state index contributed by atoms with van der Waals surface area (Å²) >= 11 is 1.55. The quantitative estimate of drug-likeness (QED) is 0.694. The Hall–Kier alpha value is -1.85. The van der Waals surface area contributed by atoms with Gasteiger partial charge in [-0.25, -0.2) is 0 Å². The lowest BCUT2D eigenvalue weighted by Crippen LogP contribution is -2.21. The van der Waals surface area contributed by atoms with Crippen molar-refractivity contribution < 1.29 is 5.11 Å². The molecule has 3 aromatic rings. The van der Waals surface area contributed by atoms with Crippen LogP contribution in [0.3, 0.4) is 0 Å². The Balaban J connectivity index is 2.23. The molecule has 20 heavy (non-hydrogen) atoms. The number of thiophene rings is 1. The fraction of sp³-hybridized carbons (Fsp3) is 0.267. The molecule has 0 unspecified atom stereocenters.